The lowest BCUT2D eigenvalue weighted by Gasteiger charge is -2.34. The Bertz CT molecular complexity index is 4280. The number of hydrogen-bond acceptors (Lipinski definition) is 4. The molecule has 6 heteroatoms. The van der Waals surface area contributed by atoms with Gasteiger partial charge in [0.2, 0.25) is 0 Å². The highest BCUT2D eigenvalue weighted by atomic mass is 32.2. The Morgan fingerprint density at radius 1 is 0.305 bits per heavy atom. The van der Waals surface area contributed by atoms with Gasteiger partial charge in [0.1, 0.15) is 11.0 Å². The molecule has 0 bridgehead atoms. The average molecular weight is 1450 g/mol. The molecule has 105 heavy (non-hydrogen) atoms. The Balaban J connectivity index is 0.965. The summed E-state index contributed by atoms with van der Waals surface area (Å²) in [5.74, 6) is -1.67. The second-order valence-corrected chi connectivity index (χ2v) is 35.0. The number of fused-ring (bicyclic) bond motifs is 10. The molecule has 0 N–H and O–H groups in total. The number of nitrogens with zero attached hydrogens (tertiary/aromatic N) is 2. The van der Waals surface area contributed by atoms with Gasteiger partial charge in [-0.25, -0.2) is 8.78 Å². The van der Waals surface area contributed by atoms with Gasteiger partial charge in [-0.05, 0) is 188 Å². The van der Waals surface area contributed by atoms with Gasteiger partial charge in [-0.2, -0.15) is 8.75 Å². The second-order valence-electron chi connectivity index (χ2n) is 32.8. The largest absolute Gasteiger partial charge is 0.203 e. The van der Waals surface area contributed by atoms with Crippen LogP contribution < -0.4 is 0 Å². The van der Waals surface area contributed by atoms with Crippen molar-refractivity contribution in [2.24, 2.45) is 0 Å². The molecule has 12 rings (SSSR count). The number of thioether (sulfide) groups is 1. The summed E-state index contributed by atoms with van der Waals surface area (Å²) in [5, 5.41) is 0.511. The maximum Gasteiger partial charge on any atom is 0.169 e. The zero-order valence-electron chi connectivity index (χ0n) is 66.1. The quantitative estimate of drug-likeness (QED) is 0.0281. The highest BCUT2D eigenvalue weighted by molar-refractivity contribution is 7.99. The standard InChI is InChI=1S/C99H126F2N2S2/c1-10-16-22-28-32-38-60-98(61-39-33-29-23-17-11-2)86-65-73(72-43-50-78(51-44-72)104-70(7)8)45-53-81(86)83-56-48-76(68-89(83)98)91-93(100)94(101)92(96-95(91)102-105-103-96)77-49-57-84-82-55-47-75(67-88(82)99(90(84)69-77,62-40-34-30-24-18-12-3)63-41-35-31-25-19-13-4)74-46-54-80-79-52-42-71(9)64-85(79)97(87(80)66-74,58-36-26-20-14-5)59-37-27-21-15-6/h42-57,64-70H,10-41,58-63H2,1-9H3. The Morgan fingerprint density at radius 2 is 0.552 bits per heavy atom. The fraction of sp³-hybridized carbons (Fsp3) is 0.515. The van der Waals surface area contributed by atoms with Crippen molar-refractivity contribution in [3.05, 3.63) is 184 Å². The molecule has 8 aromatic carbocycles. The number of aryl methyl sites for hydroxylation is 1. The van der Waals surface area contributed by atoms with Crippen molar-refractivity contribution < 1.29 is 8.78 Å². The summed E-state index contributed by atoms with van der Waals surface area (Å²) in [6.07, 6.45) is 45.6. The summed E-state index contributed by atoms with van der Waals surface area (Å²) in [6.45, 7) is 20.7. The molecule has 2 nitrogen and oxygen atoms in total. The molecular weight excluding hydrogens is 1320 g/mol. The van der Waals surface area contributed by atoms with Crippen LogP contribution in [0.1, 0.15) is 338 Å². The summed E-state index contributed by atoms with van der Waals surface area (Å²) >= 11 is 2.98. The normalized spacial score (nSPS) is 14.1. The third kappa shape index (κ3) is 17.0. The Morgan fingerprint density at radius 3 is 0.867 bits per heavy atom. The molecule has 558 valence electrons. The van der Waals surface area contributed by atoms with Crippen LogP contribution in [0.15, 0.2) is 138 Å². The van der Waals surface area contributed by atoms with Gasteiger partial charge in [0.05, 0.1) is 11.7 Å². The highest BCUT2D eigenvalue weighted by Crippen LogP contribution is 2.60. The number of benzene rings is 8. The lowest BCUT2D eigenvalue weighted by Crippen LogP contribution is -2.26. The highest BCUT2D eigenvalue weighted by Gasteiger charge is 2.47. The van der Waals surface area contributed by atoms with Crippen LogP contribution in [-0.4, -0.2) is 14.0 Å². The monoisotopic (exact) mass is 1440 g/mol. The van der Waals surface area contributed by atoms with Gasteiger partial charge < -0.3 is 0 Å². The van der Waals surface area contributed by atoms with E-state index in [1.807, 2.05) is 11.8 Å². The smallest absolute Gasteiger partial charge is 0.169 e. The van der Waals surface area contributed by atoms with Crippen LogP contribution in [-0.2, 0) is 16.2 Å². The van der Waals surface area contributed by atoms with Crippen molar-refractivity contribution >= 4 is 34.5 Å². The zero-order chi connectivity index (χ0) is 73.3. The fourth-order valence-electron chi connectivity index (χ4n) is 19.4. The molecule has 0 saturated carbocycles. The molecule has 0 amide bonds. The predicted octanol–water partition coefficient (Wildman–Crippen LogP) is 32.2. The predicted molar refractivity (Wildman–Crippen MR) is 453 cm³/mol. The molecule has 3 aliphatic carbocycles. The summed E-state index contributed by atoms with van der Waals surface area (Å²) < 4.78 is 47.1. The first-order chi connectivity index (χ1) is 51.4. The van der Waals surface area contributed by atoms with Crippen LogP contribution in [0, 0.1) is 18.6 Å². The minimum absolute atomic E-state index is 0.0207. The molecule has 3 aliphatic rings. The molecule has 0 radical (unpaired) electrons. The van der Waals surface area contributed by atoms with E-state index in [0.717, 1.165) is 63.1 Å². The van der Waals surface area contributed by atoms with E-state index in [1.54, 1.807) is 5.56 Å². The zero-order valence-corrected chi connectivity index (χ0v) is 67.7. The number of hydrogen-bond donors (Lipinski definition) is 0. The van der Waals surface area contributed by atoms with Crippen LogP contribution >= 0.6 is 23.5 Å². The first-order valence-electron chi connectivity index (χ1n) is 42.6. The van der Waals surface area contributed by atoms with Crippen molar-refractivity contribution in [1.29, 1.82) is 0 Å². The van der Waals surface area contributed by atoms with E-state index < -0.39 is 11.6 Å². The second kappa shape index (κ2) is 37.3. The topological polar surface area (TPSA) is 25.8 Å². The molecule has 0 fully saturated rings. The lowest BCUT2D eigenvalue weighted by atomic mass is 9.69. The molecule has 0 saturated heterocycles. The van der Waals surface area contributed by atoms with Crippen LogP contribution in [0.4, 0.5) is 8.78 Å². The first-order valence-corrected chi connectivity index (χ1v) is 44.3. The van der Waals surface area contributed by atoms with Gasteiger partial charge in [-0.3, -0.25) is 0 Å². The van der Waals surface area contributed by atoms with Crippen molar-refractivity contribution in [1.82, 2.24) is 8.75 Å². The van der Waals surface area contributed by atoms with Crippen molar-refractivity contribution in [3.8, 4) is 77.9 Å². The van der Waals surface area contributed by atoms with Crippen molar-refractivity contribution in [2.75, 3.05) is 0 Å². The summed E-state index contributed by atoms with van der Waals surface area (Å²) in [5.41, 5.74) is 24.8. The third-order valence-corrected chi connectivity index (χ3v) is 26.6. The molecule has 0 atom stereocenters. The van der Waals surface area contributed by atoms with E-state index in [1.165, 1.54) is 287 Å². The van der Waals surface area contributed by atoms with Crippen LogP contribution in [0.2, 0.25) is 0 Å². The SMILES string of the molecule is CCCCCCCCC1(CCCCCCCC)c2cc(-c3ccc(SC(C)C)cc3)ccc2-c2ccc(-c3c(F)c(F)c(-c4ccc5c(c4)C(CCCCCCCC)(CCCCCCCC)c4cc(-c6ccc7c(c6)C(CCCCCC)(CCCCCC)c6cc(C)ccc6-7)ccc4-5)c4nsnc34)cc21. The molecule has 0 aliphatic heterocycles. The maximum atomic E-state index is 18.5. The molecule has 1 heterocycles. The van der Waals surface area contributed by atoms with Crippen LogP contribution in [0.3, 0.4) is 0 Å². The molecular formula is C99H126F2N2S2. The number of aromatic nitrogens is 2. The van der Waals surface area contributed by atoms with Crippen LogP contribution in [0.5, 0.6) is 0 Å². The van der Waals surface area contributed by atoms with Gasteiger partial charge in [0.25, 0.3) is 0 Å². The Labute approximate surface area is 642 Å². The van der Waals surface area contributed by atoms with Crippen LogP contribution in [0.25, 0.3) is 88.9 Å². The summed E-state index contributed by atoms with van der Waals surface area (Å²) in [6, 6.07) is 51.9. The number of halogens is 2. The Kier molecular flexibility index (Phi) is 27.8. The first kappa shape index (κ1) is 78.4. The minimum atomic E-state index is -0.836. The molecule has 0 spiro atoms. The van der Waals surface area contributed by atoms with E-state index in [4.69, 9.17) is 8.75 Å². The summed E-state index contributed by atoms with van der Waals surface area (Å²) in [7, 11) is 0. The van der Waals surface area contributed by atoms with Gasteiger partial charge >= 0.3 is 0 Å². The van der Waals surface area contributed by atoms with Gasteiger partial charge in [-0.1, -0.05) is 357 Å². The number of rotatable bonds is 44. The van der Waals surface area contributed by atoms with E-state index in [2.05, 4.69) is 196 Å². The van der Waals surface area contributed by atoms with E-state index in [0.29, 0.717) is 27.4 Å². The average Bonchev–Trinajstić information content (AvgIpc) is 1.58. The van der Waals surface area contributed by atoms with E-state index >= 15 is 8.78 Å². The van der Waals surface area contributed by atoms with Crippen molar-refractivity contribution in [2.45, 2.75) is 333 Å². The number of unbranched alkanes of at least 4 members (excludes halogenated alkanes) is 26. The van der Waals surface area contributed by atoms with Crippen molar-refractivity contribution in [3.63, 3.8) is 0 Å². The van der Waals surface area contributed by atoms with E-state index in [-0.39, 0.29) is 27.4 Å². The molecule has 9 aromatic rings. The van der Waals surface area contributed by atoms with E-state index in [9.17, 15) is 0 Å². The summed E-state index contributed by atoms with van der Waals surface area (Å²) in [4.78, 5) is 1.29. The Hall–Kier alpha value is -6.21. The van der Waals surface area contributed by atoms with Gasteiger partial charge in [0, 0.05) is 37.5 Å². The lowest BCUT2D eigenvalue weighted by molar-refractivity contribution is 0.398. The molecule has 1 aromatic heterocycles. The van der Waals surface area contributed by atoms with Gasteiger partial charge in [-0.15, -0.1) is 11.8 Å². The third-order valence-electron chi connectivity index (χ3n) is 25.0. The van der Waals surface area contributed by atoms with Gasteiger partial charge in [0.15, 0.2) is 11.6 Å². The maximum absolute atomic E-state index is 18.5. The molecule has 0 unspecified atom stereocenters. The minimum Gasteiger partial charge on any atom is -0.203 e. The fourth-order valence-corrected chi connectivity index (χ4v) is 20.8.